The first kappa shape index (κ1) is 22.8. The predicted octanol–water partition coefficient (Wildman–Crippen LogP) is 1.78. The lowest BCUT2D eigenvalue weighted by Gasteiger charge is -2.44. The first-order valence-electron chi connectivity index (χ1n) is 10.0. The van der Waals surface area contributed by atoms with Crippen molar-refractivity contribution in [3.63, 3.8) is 0 Å². The highest BCUT2D eigenvalue weighted by Crippen LogP contribution is 2.34. The summed E-state index contributed by atoms with van der Waals surface area (Å²) in [6, 6.07) is 2.87. The Morgan fingerprint density at radius 1 is 1.40 bits per heavy atom. The highest BCUT2D eigenvalue weighted by molar-refractivity contribution is 7.98. The van der Waals surface area contributed by atoms with E-state index in [-0.39, 0.29) is 36.2 Å². The van der Waals surface area contributed by atoms with Crippen LogP contribution in [0.5, 0.6) is 0 Å². The third kappa shape index (κ3) is 4.90. The minimum Gasteiger partial charge on any atom is -0.465 e. The molecule has 10 heteroatoms. The third-order valence-corrected chi connectivity index (χ3v) is 6.43. The summed E-state index contributed by atoms with van der Waals surface area (Å²) in [6.45, 7) is 2.87. The zero-order valence-corrected chi connectivity index (χ0v) is 18.8. The van der Waals surface area contributed by atoms with E-state index < -0.39 is 11.6 Å². The quantitative estimate of drug-likeness (QED) is 0.496. The number of hydrogen-bond acceptors (Lipinski definition) is 7. The zero-order valence-electron chi connectivity index (χ0n) is 17.2. The van der Waals surface area contributed by atoms with Gasteiger partial charge in [-0.1, -0.05) is 11.6 Å². The first-order chi connectivity index (χ1) is 14.4. The van der Waals surface area contributed by atoms with Crippen LogP contribution >= 0.6 is 23.4 Å². The fourth-order valence-corrected chi connectivity index (χ4v) is 4.72. The maximum absolute atomic E-state index is 13.0. The molecule has 164 valence electrons. The number of esters is 1. The van der Waals surface area contributed by atoms with Crippen molar-refractivity contribution >= 4 is 41.1 Å². The van der Waals surface area contributed by atoms with Crippen LogP contribution in [0.3, 0.4) is 0 Å². The Kier molecular flexibility index (Phi) is 7.60. The number of nitrogens with zero attached hydrogens (tertiary/aromatic N) is 3. The molecule has 2 amide bonds. The number of hydrogen-bond donors (Lipinski definition) is 1. The van der Waals surface area contributed by atoms with Gasteiger partial charge in [0.25, 0.3) is 5.91 Å². The van der Waals surface area contributed by atoms with Crippen LogP contribution in [-0.4, -0.2) is 82.5 Å². The summed E-state index contributed by atoms with van der Waals surface area (Å²) in [5.74, 6) is 0.245. The Morgan fingerprint density at radius 2 is 2.13 bits per heavy atom. The number of halogens is 1. The number of likely N-dealkylation sites (tertiary alicyclic amines) is 1. The number of amides is 2. The Balaban J connectivity index is 1.73. The SMILES string of the molecule is CCOC(=O)CN1C(=O)C(CCSC)NC12CCN(C(=O)c1ccnc(Cl)c1)CC2. The van der Waals surface area contributed by atoms with Crippen molar-refractivity contribution in [3.05, 3.63) is 29.0 Å². The van der Waals surface area contributed by atoms with Crippen LogP contribution in [-0.2, 0) is 14.3 Å². The molecule has 1 N–H and O–H groups in total. The Hall–Kier alpha value is -1.84. The van der Waals surface area contributed by atoms with Gasteiger partial charge in [0.1, 0.15) is 11.7 Å². The lowest BCUT2D eigenvalue weighted by molar-refractivity contribution is -0.151. The van der Waals surface area contributed by atoms with Crippen LogP contribution in [0.2, 0.25) is 5.15 Å². The lowest BCUT2D eigenvalue weighted by atomic mass is 9.95. The molecule has 0 bridgehead atoms. The number of carbonyl (C=O) groups excluding carboxylic acids is 3. The van der Waals surface area contributed by atoms with Crippen LogP contribution in [0.15, 0.2) is 18.3 Å². The average Bonchev–Trinajstić information content (AvgIpc) is 2.98. The molecular weight excluding hydrogens is 428 g/mol. The van der Waals surface area contributed by atoms with Crippen LogP contribution in [0.1, 0.15) is 36.5 Å². The highest BCUT2D eigenvalue weighted by atomic mass is 35.5. The summed E-state index contributed by atoms with van der Waals surface area (Å²) in [6.07, 6.45) is 5.28. The summed E-state index contributed by atoms with van der Waals surface area (Å²) < 4.78 is 5.08. The topological polar surface area (TPSA) is 91.8 Å². The molecule has 1 spiro atoms. The van der Waals surface area contributed by atoms with Gasteiger partial charge in [-0.2, -0.15) is 11.8 Å². The minimum absolute atomic E-state index is 0.0715. The molecule has 0 aliphatic carbocycles. The standard InChI is InChI=1S/C20H27ClN4O4S/c1-3-29-17(26)13-25-19(28)15(5-11-30-2)23-20(25)6-9-24(10-7-20)18(27)14-4-8-22-16(21)12-14/h4,8,12,15,23H,3,5-7,9-11,13H2,1-2H3. The normalized spacial score (nSPS) is 20.6. The summed E-state index contributed by atoms with van der Waals surface area (Å²) >= 11 is 7.59. The van der Waals surface area contributed by atoms with Crippen molar-refractivity contribution < 1.29 is 19.1 Å². The van der Waals surface area contributed by atoms with Gasteiger partial charge in [-0.25, -0.2) is 4.98 Å². The number of piperidine rings is 1. The van der Waals surface area contributed by atoms with Crippen LogP contribution in [0.4, 0.5) is 0 Å². The third-order valence-electron chi connectivity index (χ3n) is 5.58. The molecule has 0 saturated carbocycles. The summed E-state index contributed by atoms with van der Waals surface area (Å²) in [4.78, 5) is 45.3. The largest absolute Gasteiger partial charge is 0.465 e. The first-order valence-corrected chi connectivity index (χ1v) is 11.8. The number of rotatable bonds is 7. The minimum atomic E-state index is -0.639. The summed E-state index contributed by atoms with van der Waals surface area (Å²) in [5.41, 5.74) is -0.151. The van der Waals surface area contributed by atoms with Gasteiger partial charge >= 0.3 is 5.97 Å². The molecule has 1 aromatic heterocycles. The van der Waals surface area contributed by atoms with E-state index in [0.29, 0.717) is 37.9 Å². The molecule has 2 saturated heterocycles. The van der Waals surface area contributed by atoms with Crippen molar-refractivity contribution in [1.29, 1.82) is 0 Å². The molecule has 8 nitrogen and oxygen atoms in total. The maximum atomic E-state index is 13.0. The Labute approximate surface area is 185 Å². The Bertz CT molecular complexity index is 801. The van der Waals surface area contributed by atoms with Gasteiger partial charge in [-0.05, 0) is 37.5 Å². The van der Waals surface area contributed by atoms with Gasteiger partial charge in [0.05, 0.1) is 18.3 Å². The number of thioether (sulfide) groups is 1. The molecule has 2 aliphatic rings. The monoisotopic (exact) mass is 454 g/mol. The van der Waals surface area contributed by atoms with Crippen molar-refractivity contribution in [1.82, 2.24) is 20.1 Å². The predicted molar refractivity (Wildman–Crippen MR) is 115 cm³/mol. The van der Waals surface area contributed by atoms with Crippen molar-refractivity contribution in [2.45, 2.75) is 37.9 Å². The summed E-state index contributed by atoms with van der Waals surface area (Å²) in [5, 5.41) is 3.76. The fourth-order valence-electron chi connectivity index (χ4n) is 4.07. The second kappa shape index (κ2) is 9.98. The maximum Gasteiger partial charge on any atom is 0.325 e. The second-order valence-corrected chi connectivity index (χ2v) is 8.77. The van der Waals surface area contributed by atoms with Gasteiger partial charge in [-0.3, -0.25) is 19.7 Å². The zero-order chi connectivity index (χ0) is 21.7. The molecule has 2 fully saturated rings. The molecule has 1 atom stereocenters. The van der Waals surface area contributed by atoms with E-state index >= 15 is 0 Å². The van der Waals surface area contributed by atoms with Crippen molar-refractivity contribution in [3.8, 4) is 0 Å². The Morgan fingerprint density at radius 3 is 2.77 bits per heavy atom. The van der Waals surface area contributed by atoms with E-state index in [9.17, 15) is 14.4 Å². The molecule has 1 aromatic rings. The van der Waals surface area contributed by atoms with Crippen LogP contribution < -0.4 is 5.32 Å². The van der Waals surface area contributed by atoms with Gasteiger partial charge in [-0.15, -0.1) is 0 Å². The molecule has 30 heavy (non-hydrogen) atoms. The van der Waals surface area contributed by atoms with E-state index in [1.54, 1.807) is 40.6 Å². The number of aromatic nitrogens is 1. The number of pyridine rings is 1. The van der Waals surface area contributed by atoms with E-state index in [1.807, 2.05) is 6.26 Å². The number of ether oxygens (including phenoxy) is 1. The van der Waals surface area contributed by atoms with Crippen LogP contribution in [0.25, 0.3) is 0 Å². The second-order valence-electron chi connectivity index (χ2n) is 7.40. The molecule has 3 heterocycles. The van der Waals surface area contributed by atoms with E-state index in [2.05, 4.69) is 10.3 Å². The van der Waals surface area contributed by atoms with Gasteiger partial charge in [0, 0.05) is 37.7 Å². The van der Waals surface area contributed by atoms with Gasteiger partial charge < -0.3 is 14.5 Å². The molecule has 0 aromatic carbocycles. The van der Waals surface area contributed by atoms with Gasteiger partial charge in [0.15, 0.2) is 0 Å². The number of nitrogens with one attached hydrogen (secondary N) is 1. The van der Waals surface area contributed by atoms with Crippen molar-refractivity contribution in [2.24, 2.45) is 0 Å². The molecular formula is C20H27ClN4O4S. The smallest absolute Gasteiger partial charge is 0.325 e. The summed E-state index contributed by atoms with van der Waals surface area (Å²) in [7, 11) is 0. The van der Waals surface area contributed by atoms with E-state index in [4.69, 9.17) is 16.3 Å². The average molecular weight is 455 g/mol. The van der Waals surface area contributed by atoms with E-state index in [0.717, 1.165) is 5.75 Å². The highest BCUT2D eigenvalue weighted by Gasteiger charge is 2.52. The van der Waals surface area contributed by atoms with Gasteiger partial charge in [0.2, 0.25) is 5.91 Å². The van der Waals surface area contributed by atoms with E-state index in [1.165, 1.54) is 6.20 Å². The lowest BCUT2D eigenvalue weighted by Crippen LogP contribution is -2.60. The molecule has 2 aliphatic heterocycles. The fraction of sp³-hybridized carbons (Fsp3) is 0.600. The molecule has 0 radical (unpaired) electrons. The molecule has 1 unspecified atom stereocenters. The van der Waals surface area contributed by atoms with Crippen molar-refractivity contribution in [2.75, 3.05) is 38.2 Å². The number of carbonyl (C=O) groups is 3. The van der Waals surface area contributed by atoms with Crippen LogP contribution in [0, 0.1) is 0 Å². The molecule has 3 rings (SSSR count).